The molecule has 2 saturated carbocycles. The van der Waals surface area contributed by atoms with Crippen LogP contribution in [0.15, 0.2) is 36.5 Å². The van der Waals surface area contributed by atoms with Crippen LogP contribution < -0.4 is 0 Å². The second-order valence-corrected chi connectivity index (χ2v) is 7.73. The molecule has 2 aliphatic rings. The smallest absolute Gasteiger partial charge is 0.0512 e. The molecule has 0 aromatic heterocycles. The third kappa shape index (κ3) is 2.83. The van der Waals surface area contributed by atoms with E-state index in [1.54, 1.807) is 0 Å². The third-order valence-corrected chi connectivity index (χ3v) is 6.60. The standard InChI is InChI=1S/C20H32O2/c1-5-15(2)7-9-17-16(3)8-10-18-19(17,4)11-6-12-20(18,13-21)14-22/h5,7,17-18,21-22H,1,3,6,8-14H2,2,4H3/b15-7+/t17-,18+,19-/m1/s1. The molecule has 0 amide bonds. The molecule has 2 rings (SSSR count). The topological polar surface area (TPSA) is 40.5 Å². The number of hydrogen-bond donors (Lipinski definition) is 2. The van der Waals surface area contributed by atoms with Crippen LogP contribution in [0.5, 0.6) is 0 Å². The summed E-state index contributed by atoms with van der Waals surface area (Å²) in [4.78, 5) is 0. The van der Waals surface area contributed by atoms with E-state index in [1.807, 2.05) is 6.08 Å². The van der Waals surface area contributed by atoms with Gasteiger partial charge in [-0.2, -0.15) is 0 Å². The van der Waals surface area contributed by atoms with Crippen LogP contribution in [0.4, 0.5) is 0 Å². The number of fused-ring (bicyclic) bond motifs is 1. The van der Waals surface area contributed by atoms with Crippen LogP contribution in [-0.4, -0.2) is 23.4 Å². The van der Waals surface area contributed by atoms with Gasteiger partial charge in [-0.05, 0) is 56.3 Å². The van der Waals surface area contributed by atoms with Crippen molar-refractivity contribution in [3.05, 3.63) is 36.5 Å². The molecule has 2 fully saturated rings. The average Bonchev–Trinajstić information content (AvgIpc) is 2.52. The van der Waals surface area contributed by atoms with E-state index in [-0.39, 0.29) is 24.0 Å². The van der Waals surface area contributed by atoms with Gasteiger partial charge in [-0.15, -0.1) is 0 Å². The van der Waals surface area contributed by atoms with E-state index < -0.39 is 0 Å². The summed E-state index contributed by atoms with van der Waals surface area (Å²) in [6.07, 6.45) is 10.4. The Morgan fingerprint density at radius 1 is 1.32 bits per heavy atom. The highest BCUT2D eigenvalue weighted by molar-refractivity contribution is 5.20. The summed E-state index contributed by atoms with van der Waals surface area (Å²) >= 11 is 0. The molecule has 124 valence electrons. The molecule has 0 saturated heterocycles. The van der Waals surface area contributed by atoms with E-state index in [2.05, 4.69) is 33.1 Å². The lowest BCUT2D eigenvalue weighted by molar-refractivity contribution is -0.116. The summed E-state index contributed by atoms with van der Waals surface area (Å²) in [6, 6.07) is 0. The van der Waals surface area contributed by atoms with Crippen molar-refractivity contribution in [1.82, 2.24) is 0 Å². The van der Waals surface area contributed by atoms with Gasteiger partial charge in [-0.3, -0.25) is 0 Å². The Labute approximate surface area is 135 Å². The van der Waals surface area contributed by atoms with Gasteiger partial charge < -0.3 is 10.2 Å². The van der Waals surface area contributed by atoms with Crippen molar-refractivity contribution in [2.24, 2.45) is 22.7 Å². The van der Waals surface area contributed by atoms with Gasteiger partial charge in [-0.1, -0.05) is 49.8 Å². The molecule has 0 bridgehead atoms. The molecule has 0 aromatic carbocycles. The molecule has 0 heterocycles. The number of allylic oxidation sites excluding steroid dienone is 4. The molecule has 2 heteroatoms. The number of hydrogen-bond acceptors (Lipinski definition) is 2. The van der Waals surface area contributed by atoms with Gasteiger partial charge in [0.05, 0.1) is 13.2 Å². The summed E-state index contributed by atoms with van der Waals surface area (Å²) in [6.45, 7) is 12.8. The Bertz CT molecular complexity index is 458. The lowest BCUT2D eigenvalue weighted by atomic mass is 9.46. The van der Waals surface area contributed by atoms with Crippen molar-refractivity contribution in [3.63, 3.8) is 0 Å². The van der Waals surface area contributed by atoms with E-state index in [9.17, 15) is 10.2 Å². The zero-order valence-electron chi connectivity index (χ0n) is 14.3. The Balaban J connectivity index is 2.34. The van der Waals surface area contributed by atoms with Crippen LogP contribution in [0.3, 0.4) is 0 Å². The second-order valence-electron chi connectivity index (χ2n) is 7.73. The summed E-state index contributed by atoms with van der Waals surface area (Å²) in [5, 5.41) is 20.0. The summed E-state index contributed by atoms with van der Waals surface area (Å²) in [5.41, 5.74) is 2.39. The Kier molecular flexibility index (Phi) is 5.34. The first-order valence-electron chi connectivity index (χ1n) is 8.62. The fraction of sp³-hybridized carbons (Fsp3) is 0.700. The lowest BCUT2D eigenvalue weighted by Crippen LogP contribution is -2.54. The lowest BCUT2D eigenvalue weighted by Gasteiger charge is -2.58. The summed E-state index contributed by atoms with van der Waals surface area (Å²) in [5.74, 6) is 0.829. The summed E-state index contributed by atoms with van der Waals surface area (Å²) in [7, 11) is 0. The van der Waals surface area contributed by atoms with Crippen molar-refractivity contribution >= 4 is 0 Å². The van der Waals surface area contributed by atoms with Crippen LogP contribution >= 0.6 is 0 Å². The molecule has 2 aliphatic carbocycles. The van der Waals surface area contributed by atoms with Crippen LogP contribution in [0, 0.1) is 22.7 Å². The van der Waals surface area contributed by atoms with Gasteiger partial charge in [0.15, 0.2) is 0 Å². The molecule has 0 aliphatic heterocycles. The highest BCUT2D eigenvalue weighted by atomic mass is 16.3. The van der Waals surface area contributed by atoms with Gasteiger partial charge in [0, 0.05) is 5.41 Å². The molecule has 2 nitrogen and oxygen atoms in total. The Morgan fingerprint density at radius 2 is 2.00 bits per heavy atom. The number of aliphatic hydroxyl groups is 2. The monoisotopic (exact) mass is 304 g/mol. The first kappa shape index (κ1) is 17.5. The molecular formula is C20H32O2. The van der Waals surface area contributed by atoms with Gasteiger partial charge in [0.25, 0.3) is 0 Å². The normalized spacial score (nSPS) is 35.1. The molecule has 0 spiro atoms. The van der Waals surface area contributed by atoms with Crippen LogP contribution in [0.1, 0.15) is 52.4 Å². The second kappa shape index (κ2) is 6.72. The first-order chi connectivity index (χ1) is 10.4. The minimum Gasteiger partial charge on any atom is -0.396 e. The predicted octanol–water partition coefficient (Wildman–Crippen LogP) is 4.25. The molecule has 3 atom stereocenters. The van der Waals surface area contributed by atoms with Crippen molar-refractivity contribution in [1.29, 1.82) is 0 Å². The largest absolute Gasteiger partial charge is 0.396 e. The highest BCUT2D eigenvalue weighted by Crippen LogP contribution is 2.61. The number of rotatable bonds is 5. The third-order valence-electron chi connectivity index (χ3n) is 6.60. The van der Waals surface area contributed by atoms with Gasteiger partial charge in [0.2, 0.25) is 0 Å². The fourth-order valence-corrected chi connectivity index (χ4v) is 5.14. The van der Waals surface area contributed by atoms with Crippen LogP contribution in [0.2, 0.25) is 0 Å². The van der Waals surface area contributed by atoms with Crippen LogP contribution in [-0.2, 0) is 0 Å². The average molecular weight is 304 g/mol. The van der Waals surface area contributed by atoms with Crippen molar-refractivity contribution < 1.29 is 10.2 Å². The van der Waals surface area contributed by atoms with E-state index in [0.717, 1.165) is 32.1 Å². The highest BCUT2D eigenvalue weighted by Gasteiger charge is 2.55. The Morgan fingerprint density at radius 3 is 2.59 bits per heavy atom. The fourth-order valence-electron chi connectivity index (χ4n) is 5.14. The molecule has 22 heavy (non-hydrogen) atoms. The quantitative estimate of drug-likeness (QED) is 0.589. The van der Waals surface area contributed by atoms with Gasteiger partial charge >= 0.3 is 0 Å². The maximum Gasteiger partial charge on any atom is 0.0512 e. The van der Waals surface area contributed by atoms with E-state index in [1.165, 1.54) is 17.6 Å². The van der Waals surface area contributed by atoms with E-state index >= 15 is 0 Å². The van der Waals surface area contributed by atoms with Gasteiger partial charge in [-0.25, -0.2) is 0 Å². The first-order valence-corrected chi connectivity index (χ1v) is 8.62. The molecule has 0 aromatic rings. The zero-order chi connectivity index (χ0) is 16.4. The molecule has 0 unspecified atom stereocenters. The molecular weight excluding hydrogens is 272 g/mol. The van der Waals surface area contributed by atoms with Crippen LogP contribution in [0.25, 0.3) is 0 Å². The van der Waals surface area contributed by atoms with Crippen molar-refractivity contribution in [2.75, 3.05) is 13.2 Å². The van der Waals surface area contributed by atoms with Crippen molar-refractivity contribution in [2.45, 2.75) is 52.4 Å². The zero-order valence-corrected chi connectivity index (χ0v) is 14.3. The predicted molar refractivity (Wildman–Crippen MR) is 92.5 cm³/mol. The molecule has 2 N–H and O–H groups in total. The molecule has 0 radical (unpaired) electrons. The van der Waals surface area contributed by atoms with E-state index in [4.69, 9.17) is 0 Å². The van der Waals surface area contributed by atoms with Crippen molar-refractivity contribution in [3.8, 4) is 0 Å². The maximum atomic E-state index is 10.00. The number of aliphatic hydroxyl groups excluding tert-OH is 2. The minimum absolute atomic E-state index is 0.102. The minimum atomic E-state index is -0.302. The van der Waals surface area contributed by atoms with E-state index in [0.29, 0.717) is 11.8 Å². The summed E-state index contributed by atoms with van der Waals surface area (Å²) < 4.78 is 0. The maximum absolute atomic E-state index is 10.00. The Hall–Kier alpha value is -0.860. The van der Waals surface area contributed by atoms with Gasteiger partial charge in [0.1, 0.15) is 0 Å². The SMILES string of the molecule is C=C/C(C)=C/C[C@@H]1C(=C)CC[C@@H]2C(CO)(CO)CCC[C@]12C.